The van der Waals surface area contributed by atoms with Gasteiger partial charge in [0.15, 0.2) is 11.5 Å². The van der Waals surface area contributed by atoms with Crippen LogP contribution in [0.5, 0.6) is 11.5 Å². The van der Waals surface area contributed by atoms with E-state index >= 15 is 0 Å². The van der Waals surface area contributed by atoms with E-state index in [2.05, 4.69) is 0 Å². The monoisotopic (exact) mass is 194 g/mol. The molecule has 1 aliphatic heterocycles. The summed E-state index contributed by atoms with van der Waals surface area (Å²) in [5, 5.41) is 18.4. The summed E-state index contributed by atoms with van der Waals surface area (Å²) in [5.41, 5.74) is 1.04. The van der Waals surface area contributed by atoms with Crippen LogP contribution in [0.15, 0.2) is 12.1 Å². The van der Waals surface area contributed by atoms with Crippen molar-refractivity contribution >= 4 is 5.97 Å². The van der Waals surface area contributed by atoms with E-state index in [4.69, 9.17) is 4.74 Å². The summed E-state index contributed by atoms with van der Waals surface area (Å²) in [6.45, 7) is 1.78. The second-order valence-corrected chi connectivity index (χ2v) is 3.42. The first-order valence-corrected chi connectivity index (χ1v) is 4.34. The number of aromatic hydroxyl groups is 2. The predicted molar refractivity (Wildman–Crippen MR) is 48.4 cm³/mol. The average Bonchev–Trinajstić information content (AvgIpc) is 2.08. The molecule has 1 heterocycles. The van der Waals surface area contributed by atoms with Crippen LogP contribution in [0.4, 0.5) is 0 Å². The first-order valence-electron chi connectivity index (χ1n) is 4.34. The lowest BCUT2D eigenvalue weighted by Crippen LogP contribution is -2.24. The van der Waals surface area contributed by atoms with Crippen LogP contribution in [0, 0.1) is 0 Å². The molecule has 0 aromatic heterocycles. The average molecular weight is 194 g/mol. The highest BCUT2D eigenvalue weighted by Crippen LogP contribution is 2.31. The highest BCUT2D eigenvalue weighted by molar-refractivity contribution is 5.93. The molecule has 74 valence electrons. The first kappa shape index (κ1) is 8.87. The van der Waals surface area contributed by atoms with Crippen molar-refractivity contribution < 1.29 is 19.7 Å². The molecular formula is C10H10O4. The largest absolute Gasteiger partial charge is 0.504 e. The van der Waals surface area contributed by atoms with Gasteiger partial charge in [-0.15, -0.1) is 0 Å². The zero-order chi connectivity index (χ0) is 10.3. The van der Waals surface area contributed by atoms with Gasteiger partial charge in [0, 0.05) is 6.42 Å². The maximum Gasteiger partial charge on any atom is 0.338 e. The fraction of sp³-hybridized carbons (Fsp3) is 0.300. The standard InChI is InChI=1S/C10H10O4/c1-5-2-6-3-8(11)9(12)4-7(6)10(13)14-5/h3-5,11-12H,2H2,1H3/t5-/m0/s1. The molecule has 0 saturated carbocycles. The minimum absolute atomic E-state index is 0.182. The van der Waals surface area contributed by atoms with Crippen LogP contribution >= 0.6 is 0 Å². The third kappa shape index (κ3) is 1.28. The number of fused-ring (bicyclic) bond motifs is 1. The third-order valence-electron chi connectivity index (χ3n) is 2.24. The second kappa shape index (κ2) is 2.90. The molecule has 2 rings (SSSR count). The Kier molecular flexibility index (Phi) is 1.84. The Morgan fingerprint density at radius 1 is 1.36 bits per heavy atom. The van der Waals surface area contributed by atoms with Crippen molar-refractivity contribution in [3.05, 3.63) is 23.3 Å². The van der Waals surface area contributed by atoms with Gasteiger partial charge in [-0.05, 0) is 24.6 Å². The zero-order valence-electron chi connectivity index (χ0n) is 7.65. The van der Waals surface area contributed by atoms with Crippen molar-refractivity contribution in [2.75, 3.05) is 0 Å². The van der Waals surface area contributed by atoms with Crippen LogP contribution < -0.4 is 0 Å². The van der Waals surface area contributed by atoms with Gasteiger partial charge in [0.2, 0.25) is 0 Å². The number of rotatable bonds is 0. The minimum Gasteiger partial charge on any atom is -0.504 e. The summed E-state index contributed by atoms with van der Waals surface area (Å²) in [4.78, 5) is 11.3. The molecule has 0 fully saturated rings. The number of carbonyl (C=O) groups excluding carboxylic acids is 1. The van der Waals surface area contributed by atoms with Crippen molar-refractivity contribution in [2.45, 2.75) is 19.4 Å². The van der Waals surface area contributed by atoms with Crippen molar-refractivity contribution in [3.63, 3.8) is 0 Å². The lowest BCUT2D eigenvalue weighted by Gasteiger charge is -2.21. The molecule has 4 heteroatoms. The van der Waals surface area contributed by atoms with E-state index < -0.39 is 5.97 Å². The van der Waals surface area contributed by atoms with E-state index in [0.717, 1.165) is 0 Å². The van der Waals surface area contributed by atoms with Crippen molar-refractivity contribution in [1.29, 1.82) is 0 Å². The number of hydrogen-bond donors (Lipinski definition) is 2. The van der Waals surface area contributed by atoms with Gasteiger partial charge in [0.1, 0.15) is 6.10 Å². The molecule has 0 radical (unpaired) electrons. The third-order valence-corrected chi connectivity index (χ3v) is 2.24. The maximum absolute atomic E-state index is 11.3. The van der Waals surface area contributed by atoms with E-state index in [-0.39, 0.29) is 17.6 Å². The molecule has 1 aromatic rings. The van der Waals surface area contributed by atoms with Gasteiger partial charge in [0.25, 0.3) is 0 Å². The van der Waals surface area contributed by atoms with Crippen LogP contribution in [0.25, 0.3) is 0 Å². The lowest BCUT2D eigenvalue weighted by molar-refractivity contribution is 0.0300. The Balaban J connectivity index is 2.55. The van der Waals surface area contributed by atoms with Crippen LogP contribution in [-0.2, 0) is 11.2 Å². The number of phenolic OH excluding ortho intramolecular Hbond substituents is 2. The smallest absolute Gasteiger partial charge is 0.338 e. The SMILES string of the molecule is C[C@H]1Cc2cc(O)c(O)cc2C(=O)O1. The molecule has 1 aliphatic rings. The summed E-state index contributed by atoms with van der Waals surface area (Å²) in [6.07, 6.45) is 0.383. The highest BCUT2D eigenvalue weighted by Gasteiger charge is 2.24. The summed E-state index contributed by atoms with van der Waals surface area (Å²) in [7, 11) is 0. The zero-order valence-corrected chi connectivity index (χ0v) is 7.65. The molecule has 1 atom stereocenters. The number of esters is 1. The Morgan fingerprint density at radius 2 is 2.00 bits per heavy atom. The van der Waals surface area contributed by atoms with E-state index in [9.17, 15) is 15.0 Å². The number of ether oxygens (including phenoxy) is 1. The van der Waals surface area contributed by atoms with E-state index in [1.54, 1.807) is 6.92 Å². The van der Waals surface area contributed by atoms with Gasteiger partial charge >= 0.3 is 5.97 Å². The van der Waals surface area contributed by atoms with Crippen molar-refractivity contribution in [2.24, 2.45) is 0 Å². The Bertz CT molecular complexity index is 397. The van der Waals surface area contributed by atoms with E-state index in [1.165, 1.54) is 12.1 Å². The number of benzene rings is 1. The van der Waals surface area contributed by atoms with Crippen LogP contribution in [-0.4, -0.2) is 22.3 Å². The summed E-state index contributed by atoms with van der Waals surface area (Å²) in [5.74, 6) is -0.949. The predicted octanol–water partition coefficient (Wildman–Crippen LogP) is 1.20. The first-order chi connectivity index (χ1) is 6.58. The molecule has 0 bridgehead atoms. The normalized spacial score (nSPS) is 20.1. The lowest BCUT2D eigenvalue weighted by atomic mass is 9.98. The molecule has 0 aliphatic carbocycles. The molecule has 0 unspecified atom stereocenters. The molecule has 14 heavy (non-hydrogen) atoms. The fourth-order valence-corrected chi connectivity index (χ4v) is 1.58. The molecule has 0 spiro atoms. The van der Waals surface area contributed by atoms with Gasteiger partial charge in [-0.25, -0.2) is 4.79 Å². The Morgan fingerprint density at radius 3 is 2.71 bits per heavy atom. The van der Waals surface area contributed by atoms with Gasteiger partial charge in [-0.2, -0.15) is 0 Å². The molecule has 0 amide bonds. The molecule has 0 saturated heterocycles. The second-order valence-electron chi connectivity index (χ2n) is 3.42. The molecule has 2 N–H and O–H groups in total. The Hall–Kier alpha value is -1.71. The summed E-state index contributed by atoms with van der Waals surface area (Å²) < 4.78 is 4.98. The fourth-order valence-electron chi connectivity index (χ4n) is 1.58. The van der Waals surface area contributed by atoms with Gasteiger partial charge < -0.3 is 14.9 Å². The van der Waals surface area contributed by atoms with Gasteiger partial charge in [-0.1, -0.05) is 0 Å². The van der Waals surface area contributed by atoms with Gasteiger partial charge in [-0.3, -0.25) is 0 Å². The Labute approximate surface area is 80.7 Å². The topological polar surface area (TPSA) is 66.8 Å². The molecular weight excluding hydrogens is 184 g/mol. The van der Waals surface area contributed by atoms with Crippen LogP contribution in [0.1, 0.15) is 22.8 Å². The van der Waals surface area contributed by atoms with E-state index in [1.807, 2.05) is 0 Å². The molecule has 4 nitrogen and oxygen atoms in total. The van der Waals surface area contributed by atoms with Gasteiger partial charge in [0.05, 0.1) is 5.56 Å². The quantitative estimate of drug-likeness (QED) is 0.481. The summed E-state index contributed by atoms with van der Waals surface area (Å²) >= 11 is 0. The summed E-state index contributed by atoms with van der Waals surface area (Å²) in [6, 6.07) is 2.64. The number of hydrogen-bond acceptors (Lipinski definition) is 4. The number of phenols is 2. The van der Waals surface area contributed by atoms with E-state index in [0.29, 0.717) is 17.5 Å². The maximum atomic E-state index is 11.3. The van der Waals surface area contributed by atoms with Crippen molar-refractivity contribution in [1.82, 2.24) is 0 Å². The minimum atomic E-state index is -0.450. The molecule has 1 aromatic carbocycles. The number of carbonyl (C=O) groups is 1. The van der Waals surface area contributed by atoms with Crippen LogP contribution in [0.3, 0.4) is 0 Å². The number of cyclic esters (lactones) is 1. The van der Waals surface area contributed by atoms with Crippen LogP contribution in [0.2, 0.25) is 0 Å². The highest BCUT2D eigenvalue weighted by atomic mass is 16.5. The van der Waals surface area contributed by atoms with Crippen molar-refractivity contribution in [3.8, 4) is 11.5 Å².